The van der Waals surface area contributed by atoms with Crippen molar-refractivity contribution in [3.63, 3.8) is 0 Å². The molecule has 0 amide bonds. The van der Waals surface area contributed by atoms with Crippen LogP contribution < -0.4 is 10.2 Å². The van der Waals surface area contributed by atoms with Crippen molar-refractivity contribution in [1.29, 1.82) is 0 Å². The monoisotopic (exact) mass is 272 g/mol. The topological polar surface area (TPSA) is 9.23 Å². The Morgan fingerprint density at radius 2 is 1.70 bits per heavy atom. The molecule has 0 aromatic heterocycles. The summed E-state index contributed by atoms with van der Waals surface area (Å²) in [5.41, 5.74) is 2.92. The molecule has 20 heavy (non-hydrogen) atoms. The molecule has 2 aromatic rings. The Labute approximate surface area is 121 Å². The summed E-state index contributed by atoms with van der Waals surface area (Å²) in [5.74, 6) is 0.663. The van der Waals surface area contributed by atoms with Crippen LogP contribution in [0.5, 0.6) is 5.75 Å². The summed E-state index contributed by atoms with van der Waals surface area (Å²) < 4.78 is 18.8. The summed E-state index contributed by atoms with van der Waals surface area (Å²) in [6.07, 6.45) is 0. The number of aryl methyl sites for hydroxylation is 1. The van der Waals surface area contributed by atoms with Crippen molar-refractivity contribution in [1.82, 2.24) is 0 Å². The minimum Gasteiger partial charge on any atom is -0.489 e. The first kappa shape index (κ1) is 16.3. The third-order valence-electron chi connectivity index (χ3n) is 3.17. The summed E-state index contributed by atoms with van der Waals surface area (Å²) >= 11 is 0. The zero-order chi connectivity index (χ0) is 13.8. The Morgan fingerprint density at radius 3 is 2.25 bits per heavy atom. The Bertz CT molecular complexity index is 549. The predicted octanol–water partition coefficient (Wildman–Crippen LogP) is 4.31. The van der Waals surface area contributed by atoms with Gasteiger partial charge in [-0.1, -0.05) is 44.7 Å². The molecule has 2 aromatic carbocycles. The van der Waals surface area contributed by atoms with Gasteiger partial charge in [0.05, 0.1) is 0 Å². The zero-order valence-corrected chi connectivity index (χ0v) is 11.6. The van der Waals surface area contributed by atoms with Crippen LogP contribution >= 0.6 is 0 Å². The van der Waals surface area contributed by atoms with Crippen molar-refractivity contribution in [2.24, 2.45) is 0 Å². The number of hydrogen-bond acceptors (Lipinski definition) is 1. The van der Waals surface area contributed by atoms with E-state index < -0.39 is 0 Å². The van der Waals surface area contributed by atoms with E-state index in [1.165, 1.54) is 11.5 Å². The lowest BCUT2D eigenvalue weighted by molar-refractivity contribution is 0.306. The quantitative estimate of drug-likeness (QED) is 0.753. The Hall–Kier alpha value is -1.77. The van der Waals surface area contributed by atoms with Gasteiger partial charge in [-0.3, -0.25) is 0 Å². The number of halogens is 1. The summed E-state index contributed by atoms with van der Waals surface area (Å²) in [4.78, 5) is 0. The van der Waals surface area contributed by atoms with Crippen molar-refractivity contribution < 1.29 is 9.13 Å². The second-order valence-corrected chi connectivity index (χ2v) is 5.10. The van der Waals surface area contributed by atoms with Crippen LogP contribution in [0, 0.1) is 12.7 Å². The molecule has 3 heteroatoms. The first-order chi connectivity index (χ1) is 9.06. The third-order valence-corrected chi connectivity index (χ3v) is 3.17. The van der Waals surface area contributed by atoms with Crippen LogP contribution in [0.4, 0.5) is 4.39 Å². The predicted molar refractivity (Wildman–Crippen MR) is 85.8 cm³/mol. The molecular weight excluding hydrogens is 250 g/mol. The molecule has 0 saturated heterocycles. The molecule has 0 aliphatic carbocycles. The van der Waals surface area contributed by atoms with Crippen LogP contribution in [-0.2, 0) is 6.61 Å². The van der Waals surface area contributed by atoms with Gasteiger partial charge in [0, 0.05) is 0 Å². The summed E-state index contributed by atoms with van der Waals surface area (Å²) in [6.45, 7) is 7.07. The Balaban J connectivity index is 0.00000200. The van der Waals surface area contributed by atoms with E-state index in [4.69, 9.17) is 4.74 Å². The van der Waals surface area contributed by atoms with Gasteiger partial charge in [0.1, 0.15) is 18.2 Å². The summed E-state index contributed by atoms with van der Waals surface area (Å²) in [5, 5.41) is 0. The normalized spacial score (nSPS) is 9.80. The highest BCUT2D eigenvalue weighted by Crippen LogP contribution is 2.14. The van der Waals surface area contributed by atoms with Crippen molar-refractivity contribution in [2.75, 3.05) is 0 Å². The van der Waals surface area contributed by atoms with Gasteiger partial charge in [0.2, 0.25) is 0 Å². The van der Waals surface area contributed by atoms with E-state index in [0.717, 1.165) is 11.3 Å². The van der Waals surface area contributed by atoms with Gasteiger partial charge in [-0.25, -0.2) is 4.39 Å². The number of hydrogen-bond donors (Lipinski definition) is 0. The maximum atomic E-state index is 13.1. The zero-order valence-electron chi connectivity index (χ0n) is 11.6. The molecule has 1 nitrogen and oxygen atoms in total. The summed E-state index contributed by atoms with van der Waals surface area (Å²) in [6, 6.07) is 13.2. The van der Waals surface area contributed by atoms with Crippen LogP contribution in [0.25, 0.3) is 0 Å². The van der Waals surface area contributed by atoms with Crippen molar-refractivity contribution >= 4 is 12.2 Å². The highest BCUT2D eigenvalue weighted by atomic mass is 19.1. The second kappa shape index (κ2) is 7.13. The highest BCUT2D eigenvalue weighted by molar-refractivity contribution is 6.70. The fraction of sp³-hybridized carbons (Fsp3) is 0.294. The van der Waals surface area contributed by atoms with Crippen LogP contribution in [0.2, 0.25) is 13.6 Å². The van der Waals surface area contributed by atoms with Gasteiger partial charge in [-0.05, 0) is 42.3 Å². The molecule has 0 heterocycles. The highest BCUT2D eigenvalue weighted by Gasteiger charge is 2.03. The molecule has 0 spiro atoms. The molecular formula is C17H22BFO. The molecule has 0 bridgehead atoms. The van der Waals surface area contributed by atoms with E-state index >= 15 is 0 Å². The van der Waals surface area contributed by atoms with E-state index in [1.54, 1.807) is 13.0 Å². The lowest BCUT2D eigenvalue weighted by Crippen LogP contribution is -2.21. The standard InChI is InChI=1S/C16H18BFO.CH4/c1-12-10-13(4-9-16(12)18)11-19-15-7-5-14(6-8-15)17(2)3;/h4-10H,11H2,1-3H3;1H4. The maximum absolute atomic E-state index is 13.1. The molecule has 106 valence electrons. The van der Waals surface area contributed by atoms with E-state index in [2.05, 4.69) is 25.8 Å². The molecule has 2 rings (SSSR count). The maximum Gasteiger partial charge on any atom is 0.169 e. The average Bonchev–Trinajstić information content (AvgIpc) is 2.40. The summed E-state index contributed by atoms with van der Waals surface area (Å²) in [7, 11) is 0. The number of rotatable bonds is 4. The van der Waals surface area contributed by atoms with Crippen molar-refractivity contribution in [3.8, 4) is 5.75 Å². The lowest BCUT2D eigenvalue weighted by Gasteiger charge is -2.09. The SMILES string of the molecule is C.CB(C)c1ccc(OCc2ccc(F)c(C)c2)cc1. The minimum absolute atomic E-state index is 0. The molecule has 0 aliphatic heterocycles. The fourth-order valence-corrected chi connectivity index (χ4v) is 1.91. The van der Waals surface area contributed by atoms with E-state index in [0.29, 0.717) is 18.9 Å². The second-order valence-electron chi connectivity index (χ2n) is 5.10. The first-order valence-electron chi connectivity index (χ1n) is 6.54. The van der Waals surface area contributed by atoms with Crippen LogP contribution in [0.1, 0.15) is 18.6 Å². The Morgan fingerprint density at radius 1 is 1.05 bits per heavy atom. The van der Waals surface area contributed by atoms with Crippen molar-refractivity contribution in [2.45, 2.75) is 34.6 Å². The van der Waals surface area contributed by atoms with Crippen LogP contribution in [0.15, 0.2) is 42.5 Å². The van der Waals surface area contributed by atoms with Crippen molar-refractivity contribution in [3.05, 3.63) is 59.4 Å². The van der Waals surface area contributed by atoms with E-state index in [-0.39, 0.29) is 13.2 Å². The average molecular weight is 272 g/mol. The fourth-order valence-electron chi connectivity index (χ4n) is 1.91. The third kappa shape index (κ3) is 4.12. The van der Waals surface area contributed by atoms with Gasteiger partial charge in [0.25, 0.3) is 0 Å². The van der Waals surface area contributed by atoms with Crippen LogP contribution in [-0.4, -0.2) is 6.71 Å². The van der Waals surface area contributed by atoms with Crippen LogP contribution in [0.3, 0.4) is 0 Å². The first-order valence-corrected chi connectivity index (χ1v) is 6.54. The number of benzene rings is 2. The minimum atomic E-state index is -0.176. The van der Waals surface area contributed by atoms with Gasteiger partial charge >= 0.3 is 0 Å². The molecule has 0 fully saturated rings. The molecule has 0 saturated carbocycles. The van der Waals surface area contributed by atoms with E-state index in [1.807, 2.05) is 18.2 Å². The van der Waals surface area contributed by atoms with E-state index in [9.17, 15) is 4.39 Å². The lowest BCUT2D eigenvalue weighted by atomic mass is 9.49. The molecule has 0 unspecified atom stereocenters. The molecule has 0 aliphatic rings. The largest absolute Gasteiger partial charge is 0.489 e. The van der Waals surface area contributed by atoms with Gasteiger partial charge in [-0.15, -0.1) is 0 Å². The molecule has 0 atom stereocenters. The van der Waals surface area contributed by atoms with Gasteiger partial charge in [0.15, 0.2) is 6.71 Å². The Kier molecular flexibility index (Phi) is 5.81. The molecule has 0 radical (unpaired) electrons. The van der Waals surface area contributed by atoms with Gasteiger partial charge < -0.3 is 4.74 Å². The number of ether oxygens (including phenoxy) is 1. The van der Waals surface area contributed by atoms with Gasteiger partial charge in [-0.2, -0.15) is 0 Å². The molecule has 0 N–H and O–H groups in total. The smallest absolute Gasteiger partial charge is 0.169 e.